The number of unbranched alkanes of at least 4 members (excludes halogenated alkanes) is 13. The molecule has 0 N–H and O–H groups in total. The minimum absolute atomic E-state index is 0.360. The molecule has 0 aliphatic rings. The first-order valence-electron chi connectivity index (χ1n) is 9.41. The van der Waals surface area contributed by atoms with E-state index in [0.29, 0.717) is 15.2 Å². The van der Waals surface area contributed by atoms with E-state index < -0.39 is 0 Å². The van der Waals surface area contributed by atoms with Gasteiger partial charge in [0.05, 0.1) is 0 Å². The first-order chi connectivity index (χ1) is 9.41. The van der Waals surface area contributed by atoms with Gasteiger partial charge >= 0.3 is 0 Å². The van der Waals surface area contributed by atoms with Gasteiger partial charge in [-0.25, -0.2) is 0 Å². The lowest BCUT2D eigenvalue weighted by molar-refractivity contribution is 0.538. The highest BCUT2D eigenvalue weighted by Gasteiger charge is 1.94. The molecular formula is C18H39Al. The molecule has 1 heteroatoms. The lowest BCUT2D eigenvalue weighted by Crippen LogP contribution is -1.86. The number of hydrogen-bond donors (Lipinski definition) is 0. The molecule has 0 saturated carbocycles. The Balaban J connectivity index is 2.88. The monoisotopic (exact) mass is 282 g/mol. The van der Waals surface area contributed by atoms with Gasteiger partial charge in [-0.2, -0.15) is 0 Å². The van der Waals surface area contributed by atoms with Crippen LogP contribution in [0.2, 0.25) is 10.6 Å². The largest absolute Gasteiger partial charge is 0.236 e. The van der Waals surface area contributed by atoms with Gasteiger partial charge in [-0.3, -0.25) is 0 Å². The van der Waals surface area contributed by atoms with Crippen LogP contribution in [0.4, 0.5) is 0 Å². The molecule has 0 fully saturated rings. The molecule has 19 heavy (non-hydrogen) atoms. The van der Waals surface area contributed by atoms with Gasteiger partial charge in [0.1, 0.15) is 0 Å². The van der Waals surface area contributed by atoms with E-state index in [2.05, 4.69) is 13.8 Å². The maximum absolute atomic E-state index is 2.36. The SMILES string of the molecule is CCCCCCCCCCCCCCC[CH2][AlH][CH2]C. The fourth-order valence-electron chi connectivity index (χ4n) is 2.80. The van der Waals surface area contributed by atoms with Gasteiger partial charge in [-0.15, -0.1) is 5.28 Å². The van der Waals surface area contributed by atoms with Crippen molar-refractivity contribution in [2.75, 3.05) is 0 Å². The fraction of sp³-hybridized carbons (Fsp3) is 1.00. The Morgan fingerprint density at radius 2 is 0.842 bits per heavy atom. The fourth-order valence-corrected chi connectivity index (χ4v) is 4.01. The Hall–Kier alpha value is 0.532. The summed E-state index contributed by atoms with van der Waals surface area (Å²) in [6.45, 7) is 4.65. The molecule has 0 saturated heterocycles. The maximum Gasteiger partial charge on any atom is 0.236 e. The molecule has 0 nitrogen and oxygen atoms in total. The van der Waals surface area contributed by atoms with Gasteiger partial charge in [0.15, 0.2) is 0 Å². The van der Waals surface area contributed by atoms with Crippen molar-refractivity contribution in [3.63, 3.8) is 0 Å². The molecule has 0 amide bonds. The van der Waals surface area contributed by atoms with Gasteiger partial charge in [0, 0.05) is 0 Å². The summed E-state index contributed by atoms with van der Waals surface area (Å²) in [6.07, 6.45) is 20.8. The lowest BCUT2D eigenvalue weighted by Gasteiger charge is -2.03. The van der Waals surface area contributed by atoms with E-state index in [1.54, 1.807) is 5.28 Å². The minimum Gasteiger partial charge on any atom is -0.100 e. The Kier molecular flexibility index (Phi) is 19.1. The molecule has 0 heterocycles. The summed E-state index contributed by atoms with van der Waals surface area (Å²) < 4.78 is 0. The molecule has 0 aromatic rings. The van der Waals surface area contributed by atoms with Gasteiger partial charge in [-0.1, -0.05) is 109 Å². The summed E-state index contributed by atoms with van der Waals surface area (Å²) in [7, 11) is 0. The lowest BCUT2D eigenvalue weighted by atomic mass is 10.0. The second-order valence-electron chi connectivity index (χ2n) is 6.30. The molecule has 0 aromatic carbocycles. The normalized spacial score (nSPS) is 10.8. The second kappa shape index (κ2) is 18.5. The van der Waals surface area contributed by atoms with Crippen molar-refractivity contribution in [1.29, 1.82) is 0 Å². The zero-order valence-corrected chi connectivity index (χ0v) is 15.4. The topological polar surface area (TPSA) is 0 Å². The van der Waals surface area contributed by atoms with Gasteiger partial charge in [0.25, 0.3) is 0 Å². The van der Waals surface area contributed by atoms with Crippen LogP contribution in [0.3, 0.4) is 0 Å². The van der Waals surface area contributed by atoms with E-state index in [1.165, 1.54) is 95.2 Å². The van der Waals surface area contributed by atoms with Crippen LogP contribution in [0.5, 0.6) is 0 Å². The van der Waals surface area contributed by atoms with Crippen LogP contribution in [0.25, 0.3) is 0 Å². The summed E-state index contributed by atoms with van der Waals surface area (Å²) in [4.78, 5) is 0. The Bertz CT molecular complexity index is 129. The van der Waals surface area contributed by atoms with E-state index >= 15 is 0 Å². The van der Waals surface area contributed by atoms with Gasteiger partial charge < -0.3 is 0 Å². The summed E-state index contributed by atoms with van der Waals surface area (Å²) >= 11 is 0.360. The van der Waals surface area contributed by atoms with Crippen molar-refractivity contribution < 1.29 is 0 Å². The van der Waals surface area contributed by atoms with E-state index in [1.807, 2.05) is 0 Å². The van der Waals surface area contributed by atoms with Crippen LogP contribution in [0.15, 0.2) is 0 Å². The quantitative estimate of drug-likeness (QED) is 0.217. The number of hydrogen-bond acceptors (Lipinski definition) is 0. The van der Waals surface area contributed by atoms with Gasteiger partial charge in [0.2, 0.25) is 15.2 Å². The van der Waals surface area contributed by atoms with Crippen molar-refractivity contribution in [3.8, 4) is 0 Å². The molecule has 0 aliphatic carbocycles. The van der Waals surface area contributed by atoms with Crippen LogP contribution in [0.1, 0.15) is 104 Å². The zero-order chi connectivity index (χ0) is 14.0. The maximum atomic E-state index is 2.36. The third kappa shape index (κ3) is 18.5. The third-order valence-corrected chi connectivity index (χ3v) is 5.91. The molecular weight excluding hydrogens is 243 g/mol. The number of rotatable bonds is 16. The van der Waals surface area contributed by atoms with Gasteiger partial charge in [-0.05, 0) is 0 Å². The van der Waals surface area contributed by atoms with Crippen LogP contribution >= 0.6 is 0 Å². The molecule has 0 radical (unpaired) electrons. The molecule has 0 atom stereocenters. The molecule has 0 unspecified atom stereocenters. The Morgan fingerprint density at radius 3 is 1.21 bits per heavy atom. The van der Waals surface area contributed by atoms with Crippen LogP contribution in [-0.2, 0) is 0 Å². The predicted molar refractivity (Wildman–Crippen MR) is 92.7 cm³/mol. The first kappa shape index (κ1) is 19.5. The first-order valence-corrected chi connectivity index (χ1v) is 11.4. The van der Waals surface area contributed by atoms with Crippen molar-refractivity contribution in [1.82, 2.24) is 0 Å². The Labute approximate surface area is 129 Å². The van der Waals surface area contributed by atoms with E-state index in [-0.39, 0.29) is 0 Å². The summed E-state index contributed by atoms with van der Waals surface area (Å²) in [5.41, 5.74) is 0. The van der Waals surface area contributed by atoms with E-state index in [4.69, 9.17) is 0 Å². The van der Waals surface area contributed by atoms with Crippen LogP contribution in [0, 0.1) is 0 Å². The average molecular weight is 282 g/mol. The molecule has 0 aromatic heterocycles. The average Bonchev–Trinajstić information content (AvgIpc) is 2.43. The third-order valence-electron chi connectivity index (χ3n) is 4.21. The second-order valence-corrected chi connectivity index (χ2v) is 8.72. The minimum atomic E-state index is 0.360. The standard InChI is InChI=1S/C16H33.C2H5.Al.H/c1-3-5-7-9-11-13-15-16-14-12-10-8-6-4-2;1-2;;/h1,3-16H2,2H3;1H2,2H3;;. The van der Waals surface area contributed by atoms with Crippen molar-refractivity contribution in [2.45, 2.75) is 114 Å². The van der Waals surface area contributed by atoms with Crippen LogP contribution < -0.4 is 0 Å². The Morgan fingerprint density at radius 1 is 0.474 bits per heavy atom. The van der Waals surface area contributed by atoms with E-state index in [9.17, 15) is 0 Å². The highest BCUT2D eigenvalue weighted by atomic mass is 27.1. The molecule has 0 bridgehead atoms. The smallest absolute Gasteiger partial charge is 0.100 e. The zero-order valence-electron chi connectivity index (χ0n) is 14.0. The van der Waals surface area contributed by atoms with Crippen molar-refractivity contribution >= 4 is 15.2 Å². The van der Waals surface area contributed by atoms with Crippen molar-refractivity contribution in [2.24, 2.45) is 0 Å². The molecule has 0 aliphatic heterocycles. The summed E-state index contributed by atoms with van der Waals surface area (Å²) in [5.74, 6) is 0. The molecule has 0 spiro atoms. The van der Waals surface area contributed by atoms with E-state index in [0.717, 1.165) is 0 Å². The predicted octanol–water partition coefficient (Wildman–Crippen LogP) is 6.76. The summed E-state index contributed by atoms with van der Waals surface area (Å²) in [6, 6.07) is 0. The molecule has 114 valence electrons. The highest BCUT2D eigenvalue weighted by Crippen LogP contribution is 2.13. The summed E-state index contributed by atoms with van der Waals surface area (Å²) in [5, 5.41) is 3.12. The highest BCUT2D eigenvalue weighted by molar-refractivity contribution is 6.35. The molecule has 0 rings (SSSR count). The van der Waals surface area contributed by atoms with Crippen LogP contribution in [-0.4, -0.2) is 15.2 Å². The van der Waals surface area contributed by atoms with Crippen molar-refractivity contribution in [3.05, 3.63) is 0 Å².